The van der Waals surface area contributed by atoms with E-state index in [1.165, 1.54) is 12.8 Å². The van der Waals surface area contributed by atoms with E-state index in [1.807, 2.05) is 6.92 Å². The molecular formula is C11H22N2O2. The second kappa shape index (κ2) is 6.08. The molecule has 4 nitrogen and oxygen atoms in total. The van der Waals surface area contributed by atoms with Crippen LogP contribution >= 0.6 is 0 Å². The van der Waals surface area contributed by atoms with E-state index in [4.69, 9.17) is 5.11 Å². The Morgan fingerprint density at radius 1 is 1.53 bits per heavy atom. The fourth-order valence-corrected chi connectivity index (χ4v) is 1.76. The Bertz CT molecular complexity index is 205. The van der Waals surface area contributed by atoms with Gasteiger partial charge >= 0.3 is 5.97 Å². The van der Waals surface area contributed by atoms with Crippen LogP contribution in [0.2, 0.25) is 0 Å². The van der Waals surface area contributed by atoms with E-state index in [1.54, 1.807) is 0 Å². The Labute approximate surface area is 91.6 Å². The van der Waals surface area contributed by atoms with Crippen molar-refractivity contribution in [1.82, 2.24) is 10.2 Å². The first-order valence-electron chi connectivity index (χ1n) is 5.89. The summed E-state index contributed by atoms with van der Waals surface area (Å²) in [6.45, 7) is 6.50. The Morgan fingerprint density at radius 2 is 2.20 bits per heavy atom. The second-order valence-electron chi connectivity index (χ2n) is 4.16. The molecule has 1 fully saturated rings. The molecule has 0 bridgehead atoms. The first-order valence-corrected chi connectivity index (χ1v) is 5.89. The summed E-state index contributed by atoms with van der Waals surface area (Å²) in [5.41, 5.74) is 0. The summed E-state index contributed by atoms with van der Waals surface area (Å²) >= 11 is 0. The number of nitrogens with zero attached hydrogens (tertiary/aromatic N) is 1. The minimum atomic E-state index is -0.734. The quantitative estimate of drug-likeness (QED) is 0.631. The van der Waals surface area contributed by atoms with Crippen LogP contribution in [0, 0.1) is 0 Å². The van der Waals surface area contributed by atoms with E-state index in [0.29, 0.717) is 12.6 Å². The van der Waals surface area contributed by atoms with Gasteiger partial charge in [0, 0.05) is 12.6 Å². The van der Waals surface area contributed by atoms with Crippen molar-refractivity contribution in [3.8, 4) is 0 Å². The van der Waals surface area contributed by atoms with Gasteiger partial charge in [-0.3, -0.25) is 9.69 Å². The van der Waals surface area contributed by atoms with Crippen molar-refractivity contribution in [3.05, 3.63) is 0 Å². The van der Waals surface area contributed by atoms with Crippen molar-refractivity contribution in [2.24, 2.45) is 0 Å². The summed E-state index contributed by atoms with van der Waals surface area (Å²) in [4.78, 5) is 13.3. The number of hydrogen-bond acceptors (Lipinski definition) is 3. The number of nitrogens with one attached hydrogen (secondary N) is 1. The predicted molar refractivity (Wildman–Crippen MR) is 60.0 cm³/mol. The molecule has 1 aliphatic rings. The van der Waals surface area contributed by atoms with Crippen molar-refractivity contribution >= 4 is 5.97 Å². The first kappa shape index (κ1) is 12.5. The van der Waals surface area contributed by atoms with Crippen molar-refractivity contribution in [2.45, 2.75) is 45.2 Å². The van der Waals surface area contributed by atoms with Crippen LogP contribution in [0.4, 0.5) is 0 Å². The second-order valence-corrected chi connectivity index (χ2v) is 4.16. The average molecular weight is 214 g/mol. The summed E-state index contributed by atoms with van der Waals surface area (Å²) in [5.74, 6) is -0.734. The van der Waals surface area contributed by atoms with E-state index in [2.05, 4.69) is 17.1 Å². The van der Waals surface area contributed by atoms with Crippen molar-refractivity contribution < 1.29 is 9.90 Å². The van der Waals surface area contributed by atoms with Crippen LogP contribution in [-0.4, -0.2) is 47.7 Å². The third-order valence-electron chi connectivity index (χ3n) is 2.83. The van der Waals surface area contributed by atoms with Gasteiger partial charge in [0.15, 0.2) is 0 Å². The molecule has 0 aromatic rings. The third-order valence-corrected chi connectivity index (χ3v) is 2.83. The van der Waals surface area contributed by atoms with Gasteiger partial charge in [0.1, 0.15) is 6.04 Å². The number of likely N-dealkylation sites (N-methyl/N-ethyl adjacent to an activating group) is 1. The van der Waals surface area contributed by atoms with E-state index in [0.717, 1.165) is 19.5 Å². The highest BCUT2D eigenvalue weighted by molar-refractivity contribution is 5.73. The van der Waals surface area contributed by atoms with Crippen molar-refractivity contribution in [2.75, 3.05) is 19.6 Å². The number of carboxylic acids is 1. The lowest BCUT2D eigenvalue weighted by atomic mass is 10.2. The van der Waals surface area contributed by atoms with Gasteiger partial charge in [-0.05, 0) is 32.4 Å². The Balaban J connectivity index is 2.37. The molecule has 0 aliphatic heterocycles. The summed E-state index contributed by atoms with van der Waals surface area (Å²) < 4.78 is 0. The van der Waals surface area contributed by atoms with Gasteiger partial charge in [-0.2, -0.15) is 0 Å². The third kappa shape index (κ3) is 4.18. The van der Waals surface area contributed by atoms with Gasteiger partial charge in [-0.1, -0.05) is 13.8 Å². The molecule has 1 atom stereocenters. The maximum atomic E-state index is 11.0. The van der Waals surface area contributed by atoms with Crippen LogP contribution < -0.4 is 5.32 Å². The SMILES string of the molecule is CCCNC(CN(CC)C1CC1)C(=O)O. The minimum Gasteiger partial charge on any atom is -0.480 e. The van der Waals surface area contributed by atoms with Gasteiger partial charge in [-0.15, -0.1) is 0 Å². The molecule has 0 aromatic carbocycles. The molecule has 0 heterocycles. The van der Waals surface area contributed by atoms with Crippen LogP contribution in [0.5, 0.6) is 0 Å². The fourth-order valence-electron chi connectivity index (χ4n) is 1.76. The van der Waals surface area contributed by atoms with Crippen LogP contribution in [-0.2, 0) is 4.79 Å². The van der Waals surface area contributed by atoms with Gasteiger partial charge in [0.25, 0.3) is 0 Å². The highest BCUT2D eigenvalue weighted by Crippen LogP contribution is 2.26. The maximum Gasteiger partial charge on any atom is 0.322 e. The molecule has 0 saturated heterocycles. The highest BCUT2D eigenvalue weighted by Gasteiger charge is 2.30. The molecule has 1 unspecified atom stereocenters. The molecule has 0 aromatic heterocycles. The minimum absolute atomic E-state index is 0.412. The fraction of sp³-hybridized carbons (Fsp3) is 0.909. The molecule has 0 amide bonds. The number of carboxylic acid groups (broad SMARTS) is 1. The number of carbonyl (C=O) groups is 1. The van der Waals surface area contributed by atoms with Crippen LogP contribution in [0.3, 0.4) is 0 Å². The predicted octanol–water partition coefficient (Wildman–Crippen LogP) is 0.923. The normalized spacial score (nSPS) is 18.1. The van der Waals surface area contributed by atoms with E-state index in [9.17, 15) is 4.79 Å². The zero-order valence-corrected chi connectivity index (χ0v) is 9.70. The summed E-state index contributed by atoms with van der Waals surface area (Å²) in [7, 11) is 0. The molecule has 1 saturated carbocycles. The van der Waals surface area contributed by atoms with Crippen LogP contribution in [0.1, 0.15) is 33.1 Å². The maximum absolute atomic E-state index is 11.0. The standard InChI is InChI=1S/C11H22N2O2/c1-3-7-12-10(11(14)15)8-13(4-2)9-5-6-9/h9-10,12H,3-8H2,1-2H3,(H,14,15). The van der Waals surface area contributed by atoms with Gasteiger partial charge < -0.3 is 10.4 Å². The zero-order valence-electron chi connectivity index (χ0n) is 9.70. The summed E-state index contributed by atoms with van der Waals surface area (Å²) in [6.07, 6.45) is 3.43. The summed E-state index contributed by atoms with van der Waals surface area (Å²) in [6, 6.07) is 0.228. The van der Waals surface area contributed by atoms with E-state index in [-0.39, 0.29) is 0 Å². The monoisotopic (exact) mass is 214 g/mol. The van der Waals surface area contributed by atoms with Gasteiger partial charge in [-0.25, -0.2) is 0 Å². The summed E-state index contributed by atoms with van der Waals surface area (Å²) in [5, 5.41) is 12.1. The van der Waals surface area contributed by atoms with Crippen molar-refractivity contribution in [3.63, 3.8) is 0 Å². The average Bonchev–Trinajstić information content (AvgIpc) is 3.01. The molecule has 0 spiro atoms. The molecule has 1 aliphatic carbocycles. The molecular weight excluding hydrogens is 192 g/mol. The largest absolute Gasteiger partial charge is 0.480 e. The number of rotatable bonds is 8. The smallest absolute Gasteiger partial charge is 0.322 e. The molecule has 4 heteroatoms. The lowest BCUT2D eigenvalue weighted by molar-refractivity contribution is -0.140. The lowest BCUT2D eigenvalue weighted by Gasteiger charge is -2.24. The van der Waals surface area contributed by atoms with E-state index >= 15 is 0 Å². The molecule has 1 rings (SSSR count). The molecule has 0 radical (unpaired) electrons. The number of aliphatic carboxylic acids is 1. The Hall–Kier alpha value is -0.610. The lowest BCUT2D eigenvalue weighted by Crippen LogP contribution is -2.47. The molecule has 88 valence electrons. The molecule has 2 N–H and O–H groups in total. The van der Waals surface area contributed by atoms with Gasteiger partial charge in [0.05, 0.1) is 0 Å². The topological polar surface area (TPSA) is 52.6 Å². The first-order chi connectivity index (χ1) is 7.19. The van der Waals surface area contributed by atoms with Crippen molar-refractivity contribution in [1.29, 1.82) is 0 Å². The van der Waals surface area contributed by atoms with Gasteiger partial charge in [0.2, 0.25) is 0 Å². The number of hydrogen-bond donors (Lipinski definition) is 2. The van der Waals surface area contributed by atoms with Crippen LogP contribution in [0.25, 0.3) is 0 Å². The molecule has 15 heavy (non-hydrogen) atoms. The van der Waals surface area contributed by atoms with Crippen LogP contribution in [0.15, 0.2) is 0 Å². The van der Waals surface area contributed by atoms with E-state index < -0.39 is 12.0 Å². The zero-order chi connectivity index (χ0) is 11.3. The Morgan fingerprint density at radius 3 is 2.60 bits per heavy atom. The highest BCUT2D eigenvalue weighted by atomic mass is 16.4. The Kier molecular flexibility index (Phi) is 5.05.